The Labute approximate surface area is 181 Å². The van der Waals surface area contributed by atoms with Gasteiger partial charge in [0, 0.05) is 24.2 Å². The van der Waals surface area contributed by atoms with Crippen molar-refractivity contribution in [3.8, 4) is 0 Å². The Bertz CT molecular complexity index is 1190. The summed E-state index contributed by atoms with van der Waals surface area (Å²) in [6.07, 6.45) is -0.931. The largest absolute Gasteiger partial charge is 0.416 e. The Morgan fingerprint density at radius 3 is 2.69 bits per heavy atom. The number of hydrogen-bond donors (Lipinski definition) is 2. The van der Waals surface area contributed by atoms with Crippen LogP contribution >= 0.6 is 0 Å². The molecule has 1 saturated carbocycles. The van der Waals surface area contributed by atoms with E-state index in [0.29, 0.717) is 24.3 Å². The van der Waals surface area contributed by atoms with Crippen molar-refractivity contribution in [3.05, 3.63) is 71.0 Å². The topological polar surface area (TPSA) is 93.7 Å². The maximum Gasteiger partial charge on any atom is 0.416 e. The van der Waals surface area contributed by atoms with Gasteiger partial charge in [0.2, 0.25) is 5.95 Å². The molecule has 166 valence electrons. The van der Waals surface area contributed by atoms with E-state index in [1.807, 2.05) is 4.68 Å². The summed E-state index contributed by atoms with van der Waals surface area (Å²) >= 11 is 0. The van der Waals surface area contributed by atoms with Gasteiger partial charge in [0.05, 0.1) is 11.6 Å². The maximum absolute atomic E-state index is 12.9. The molecule has 0 spiro atoms. The fraction of sp³-hybridized carbons (Fsp3) is 0.333. The number of hydrogen-bond acceptors (Lipinski definition) is 7. The Hall–Kier alpha value is -3.63. The van der Waals surface area contributed by atoms with Gasteiger partial charge < -0.3 is 15.2 Å². The number of aryl methyl sites for hydroxylation is 2. The lowest BCUT2D eigenvalue weighted by Crippen LogP contribution is -2.18. The number of nitrogens with zero attached hydrogens (tertiary/aromatic N) is 5. The highest BCUT2D eigenvalue weighted by Gasteiger charge is 2.37. The van der Waals surface area contributed by atoms with Crippen molar-refractivity contribution in [3.63, 3.8) is 0 Å². The molecule has 2 aromatic heterocycles. The predicted molar refractivity (Wildman–Crippen MR) is 110 cm³/mol. The standard InChI is InChI=1S/C21H20F3N7O/c1-11-16(10-25-20-26-12(2)30-32-20)17(11)27-19-28-18-15(4-3-9-31(18)29-19)13-5-7-14(8-6-13)21(22,23)24/h5-8,10,15,17H,1,3-4,9H2,2H3,(H,27,29)(H,25,26,30)/b16-10+. The molecule has 2 aliphatic rings. The number of fused-ring (bicyclic) bond motifs is 1. The van der Waals surface area contributed by atoms with Crippen LogP contribution in [0.15, 0.2) is 52.7 Å². The summed E-state index contributed by atoms with van der Waals surface area (Å²) in [6, 6.07) is 5.47. The van der Waals surface area contributed by atoms with Gasteiger partial charge in [0.15, 0.2) is 5.82 Å². The summed E-state index contributed by atoms with van der Waals surface area (Å²) in [6.45, 7) is 6.47. The Morgan fingerprint density at radius 1 is 1.22 bits per heavy atom. The Morgan fingerprint density at radius 2 is 2.00 bits per heavy atom. The third-order valence-corrected chi connectivity index (χ3v) is 5.61. The second-order valence-corrected chi connectivity index (χ2v) is 7.82. The van der Waals surface area contributed by atoms with E-state index in [2.05, 4.69) is 37.4 Å². The predicted octanol–water partition coefficient (Wildman–Crippen LogP) is 4.26. The number of rotatable bonds is 5. The molecule has 3 aromatic rings. The lowest BCUT2D eigenvalue weighted by molar-refractivity contribution is -0.137. The average molecular weight is 443 g/mol. The first-order valence-electron chi connectivity index (χ1n) is 10.1. The SMILES string of the molecule is C=C1/C(=C\Nc2nc(C)no2)C1Nc1nc2n(n1)CCCC2c1ccc(C(F)(F)F)cc1. The van der Waals surface area contributed by atoms with Gasteiger partial charge in [-0.05, 0) is 43.0 Å². The summed E-state index contributed by atoms with van der Waals surface area (Å²) in [5, 5.41) is 14.4. The van der Waals surface area contributed by atoms with Crippen molar-refractivity contribution in [1.29, 1.82) is 0 Å². The molecule has 32 heavy (non-hydrogen) atoms. The van der Waals surface area contributed by atoms with Crippen molar-refractivity contribution >= 4 is 12.0 Å². The van der Waals surface area contributed by atoms with Gasteiger partial charge in [-0.25, -0.2) is 4.68 Å². The quantitative estimate of drug-likeness (QED) is 0.609. The van der Waals surface area contributed by atoms with E-state index in [1.54, 1.807) is 13.1 Å². The molecule has 1 aliphatic carbocycles. The highest BCUT2D eigenvalue weighted by molar-refractivity contribution is 5.65. The third-order valence-electron chi connectivity index (χ3n) is 5.61. The van der Waals surface area contributed by atoms with Gasteiger partial charge in [-0.3, -0.25) is 0 Å². The van der Waals surface area contributed by atoms with E-state index >= 15 is 0 Å². The van der Waals surface area contributed by atoms with E-state index in [1.165, 1.54) is 12.1 Å². The fourth-order valence-corrected chi connectivity index (χ4v) is 3.88. The molecule has 8 nitrogen and oxygen atoms in total. The first-order valence-corrected chi connectivity index (χ1v) is 10.1. The van der Waals surface area contributed by atoms with E-state index in [0.717, 1.165) is 47.5 Å². The van der Waals surface area contributed by atoms with E-state index in [-0.39, 0.29) is 12.0 Å². The van der Waals surface area contributed by atoms with Gasteiger partial charge >= 0.3 is 12.2 Å². The molecular formula is C21H20F3N7O. The Kier molecular flexibility index (Phi) is 4.75. The van der Waals surface area contributed by atoms with Crippen LogP contribution in [-0.2, 0) is 12.7 Å². The van der Waals surface area contributed by atoms with Crippen LogP contribution in [0.25, 0.3) is 0 Å². The average Bonchev–Trinajstić information content (AvgIpc) is 3.10. The fourth-order valence-electron chi connectivity index (χ4n) is 3.88. The van der Waals surface area contributed by atoms with Crippen molar-refractivity contribution < 1.29 is 17.7 Å². The van der Waals surface area contributed by atoms with Crippen LogP contribution < -0.4 is 10.6 Å². The molecule has 3 heterocycles. The molecule has 2 atom stereocenters. The minimum absolute atomic E-state index is 0.103. The molecule has 0 bridgehead atoms. The molecule has 1 fully saturated rings. The number of anilines is 2. The van der Waals surface area contributed by atoms with Gasteiger partial charge in [0.25, 0.3) is 0 Å². The van der Waals surface area contributed by atoms with E-state index < -0.39 is 11.7 Å². The lowest BCUT2D eigenvalue weighted by atomic mass is 9.90. The highest BCUT2D eigenvalue weighted by atomic mass is 19.4. The summed E-state index contributed by atoms with van der Waals surface area (Å²) in [5.41, 5.74) is 1.97. The number of nitrogens with one attached hydrogen (secondary N) is 2. The van der Waals surface area contributed by atoms with Crippen LogP contribution in [0, 0.1) is 6.92 Å². The Balaban J connectivity index is 1.30. The van der Waals surface area contributed by atoms with Gasteiger partial charge in [-0.15, -0.1) is 5.10 Å². The molecule has 2 N–H and O–H groups in total. The molecular weight excluding hydrogens is 423 g/mol. The van der Waals surface area contributed by atoms with Crippen molar-refractivity contribution in [2.75, 3.05) is 10.6 Å². The van der Waals surface area contributed by atoms with E-state index in [4.69, 9.17) is 4.52 Å². The summed E-state index contributed by atoms with van der Waals surface area (Å²) in [5.74, 6) is 1.64. The molecule has 1 aromatic carbocycles. The second-order valence-electron chi connectivity index (χ2n) is 7.82. The van der Waals surface area contributed by atoms with Crippen LogP contribution in [0.2, 0.25) is 0 Å². The van der Waals surface area contributed by atoms with Crippen molar-refractivity contribution in [2.45, 2.75) is 44.4 Å². The van der Waals surface area contributed by atoms with Crippen LogP contribution in [-0.4, -0.2) is 30.9 Å². The van der Waals surface area contributed by atoms with Crippen LogP contribution in [0.5, 0.6) is 0 Å². The van der Waals surface area contributed by atoms with Crippen molar-refractivity contribution in [2.24, 2.45) is 0 Å². The van der Waals surface area contributed by atoms with Crippen LogP contribution in [0.4, 0.5) is 25.1 Å². The van der Waals surface area contributed by atoms with Crippen molar-refractivity contribution in [1.82, 2.24) is 24.9 Å². The zero-order valence-electron chi connectivity index (χ0n) is 17.1. The number of alkyl halides is 3. The minimum atomic E-state index is -4.35. The monoisotopic (exact) mass is 443 g/mol. The van der Waals surface area contributed by atoms with Gasteiger partial charge in [-0.1, -0.05) is 23.9 Å². The summed E-state index contributed by atoms with van der Waals surface area (Å²) in [4.78, 5) is 8.71. The zero-order valence-corrected chi connectivity index (χ0v) is 17.1. The molecule has 0 radical (unpaired) electrons. The first-order chi connectivity index (χ1) is 15.3. The third kappa shape index (κ3) is 3.85. The second kappa shape index (κ2) is 7.50. The number of halogens is 3. The van der Waals surface area contributed by atoms with Crippen LogP contribution in [0.3, 0.4) is 0 Å². The van der Waals surface area contributed by atoms with Crippen LogP contribution in [0.1, 0.15) is 41.5 Å². The maximum atomic E-state index is 12.9. The number of benzene rings is 1. The minimum Gasteiger partial charge on any atom is -0.342 e. The molecule has 0 saturated heterocycles. The molecule has 1 aliphatic heterocycles. The normalized spacial score (nSPS) is 21.5. The molecule has 11 heteroatoms. The molecule has 5 rings (SSSR count). The zero-order chi connectivity index (χ0) is 22.5. The summed E-state index contributed by atoms with van der Waals surface area (Å²) in [7, 11) is 0. The molecule has 0 amide bonds. The first kappa shape index (κ1) is 20.3. The molecule has 2 unspecified atom stereocenters. The smallest absolute Gasteiger partial charge is 0.342 e. The van der Waals surface area contributed by atoms with E-state index in [9.17, 15) is 13.2 Å². The van der Waals surface area contributed by atoms with Gasteiger partial charge in [-0.2, -0.15) is 23.1 Å². The van der Waals surface area contributed by atoms with Gasteiger partial charge in [0.1, 0.15) is 5.82 Å². The number of aromatic nitrogens is 5. The highest BCUT2D eigenvalue weighted by Crippen LogP contribution is 2.39. The summed E-state index contributed by atoms with van der Waals surface area (Å²) < 4.78 is 45.5. The lowest BCUT2D eigenvalue weighted by Gasteiger charge is -2.22.